The maximum atomic E-state index is 13.1. The second kappa shape index (κ2) is 8.06. The van der Waals surface area contributed by atoms with Gasteiger partial charge in [0.2, 0.25) is 5.91 Å². The van der Waals surface area contributed by atoms with Crippen molar-refractivity contribution in [3.05, 3.63) is 99.9 Å². The Hall–Kier alpha value is -3.62. The minimum absolute atomic E-state index is 0.191. The standard InChI is InChI=1S/C24H18ClN3O4S/c25-19-8-2-1-5-17(19)13-27-14-18(11-12-23(27)30)26-22(29)15-28-20-9-3-6-16-7-4-10-21(24(16)20)33(28,31)32/h1-12,14H,13,15H2,(H,26,29). The summed E-state index contributed by atoms with van der Waals surface area (Å²) in [5.74, 6) is -0.522. The number of pyridine rings is 1. The van der Waals surface area contributed by atoms with Gasteiger partial charge in [-0.1, -0.05) is 54.1 Å². The molecule has 166 valence electrons. The highest BCUT2D eigenvalue weighted by Gasteiger charge is 2.36. The van der Waals surface area contributed by atoms with Crippen molar-refractivity contribution >= 4 is 49.7 Å². The number of sulfonamides is 1. The fourth-order valence-electron chi connectivity index (χ4n) is 4.00. The number of amides is 1. The van der Waals surface area contributed by atoms with Crippen LogP contribution in [0.1, 0.15) is 5.56 Å². The molecule has 7 nitrogen and oxygen atoms in total. The minimum atomic E-state index is -3.84. The second-order valence-electron chi connectivity index (χ2n) is 7.67. The van der Waals surface area contributed by atoms with Crippen molar-refractivity contribution in [3.63, 3.8) is 0 Å². The van der Waals surface area contributed by atoms with E-state index in [1.165, 1.54) is 22.9 Å². The van der Waals surface area contributed by atoms with E-state index in [4.69, 9.17) is 11.6 Å². The number of nitrogens with one attached hydrogen (secondary N) is 1. The summed E-state index contributed by atoms with van der Waals surface area (Å²) >= 11 is 6.20. The predicted octanol–water partition coefficient (Wildman–Crippen LogP) is 3.85. The second-order valence-corrected chi connectivity index (χ2v) is 9.90. The number of halogens is 1. The highest BCUT2D eigenvalue weighted by atomic mass is 35.5. The Morgan fingerprint density at radius 3 is 2.48 bits per heavy atom. The Kier molecular flexibility index (Phi) is 5.19. The van der Waals surface area contributed by atoms with Crippen LogP contribution in [0.15, 0.2) is 88.7 Å². The van der Waals surface area contributed by atoms with Gasteiger partial charge in [0, 0.05) is 22.7 Å². The average Bonchev–Trinajstić information content (AvgIpc) is 3.01. The van der Waals surface area contributed by atoms with E-state index in [0.29, 0.717) is 21.8 Å². The zero-order valence-electron chi connectivity index (χ0n) is 17.2. The fourth-order valence-corrected chi connectivity index (χ4v) is 5.86. The molecule has 0 spiro atoms. The Morgan fingerprint density at radius 2 is 1.70 bits per heavy atom. The number of nitrogens with zero attached hydrogens (tertiary/aromatic N) is 2. The van der Waals surface area contributed by atoms with Crippen LogP contribution in [0.2, 0.25) is 5.02 Å². The topological polar surface area (TPSA) is 88.5 Å². The van der Waals surface area contributed by atoms with E-state index in [0.717, 1.165) is 15.3 Å². The number of aromatic nitrogens is 1. The van der Waals surface area contributed by atoms with Crippen molar-refractivity contribution in [2.75, 3.05) is 16.2 Å². The third-order valence-corrected chi connectivity index (χ3v) is 7.70. The van der Waals surface area contributed by atoms with Crippen molar-refractivity contribution in [1.82, 2.24) is 4.57 Å². The highest BCUT2D eigenvalue weighted by molar-refractivity contribution is 7.93. The van der Waals surface area contributed by atoms with Gasteiger partial charge >= 0.3 is 0 Å². The van der Waals surface area contributed by atoms with E-state index in [1.54, 1.807) is 36.4 Å². The van der Waals surface area contributed by atoms with Crippen LogP contribution in [0.3, 0.4) is 0 Å². The maximum Gasteiger partial charge on any atom is 0.265 e. The molecule has 1 aliphatic rings. The monoisotopic (exact) mass is 479 g/mol. The Bertz CT molecular complexity index is 1580. The molecule has 3 aromatic carbocycles. The SMILES string of the molecule is O=C(CN1c2cccc3cccc(c23)S1(=O)=O)Nc1ccc(=O)n(Cc2ccccc2Cl)c1. The van der Waals surface area contributed by atoms with Crippen molar-refractivity contribution < 1.29 is 13.2 Å². The summed E-state index contributed by atoms with van der Waals surface area (Å²) in [7, 11) is -3.84. The first-order valence-corrected chi connectivity index (χ1v) is 11.9. The largest absolute Gasteiger partial charge is 0.323 e. The van der Waals surface area contributed by atoms with E-state index < -0.39 is 15.9 Å². The molecular formula is C24H18ClN3O4S. The van der Waals surface area contributed by atoms with Gasteiger partial charge in [-0.15, -0.1) is 0 Å². The molecule has 33 heavy (non-hydrogen) atoms. The first kappa shape index (κ1) is 21.2. The number of hydrogen-bond donors (Lipinski definition) is 1. The first-order chi connectivity index (χ1) is 15.8. The van der Waals surface area contributed by atoms with Crippen LogP contribution >= 0.6 is 11.6 Å². The number of rotatable bonds is 5. The van der Waals surface area contributed by atoms with Crippen molar-refractivity contribution in [2.45, 2.75) is 11.4 Å². The molecule has 4 aromatic rings. The van der Waals surface area contributed by atoms with E-state index in [1.807, 2.05) is 24.3 Å². The van der Waals surface area contributed by atoms with Gasteiger partial charge in [0.1, 0.15) is 6.54 Å². The van der Waals surface area contributed by atoms with Crippen LogP contribution in [-0.2, 0) is 21.4 Å². The molecule has 5 rings (SSSR count). The van der Waals surface area contributed by atoms with Crippen LogP contribution in [0.5, 0.6) is 0 Å². The summed E-state index contributed by atoms with van der Waals surface area (Å²) in [4.78, 5) is 25.3. The van der Waals surface area contributed by atoms with Gasteiger partial charge in [0.25, 0.3) is 15.6 Å². The highest BCUT2D eigenvalue weighted by Crippen LogP contribution is 2.41. The smallest absolute Gasteiger partial charge is 0.265 e. The van der Waals surface area contributed by atoms with Gasteiger partial charge in [-0.05, 0) is 35.2 Å². The first-order valence-electron chi connectivity index (χ1n) is 10.1. The molecule has 2 heterocycles. The summed E-state index contributed by atoms with van der Waals surface area (Å²) in [6.45, 7) is -0.153. The summed E-state index contributed by atoms with van der Waals surface area (Å²) in [6, 6.07) is 20.4. The molecule has 1 N–H and O–H groups in total. The van der Waals surface area contributed by atoms with Crippen LogP contribution in [0.4, 0.5) is 11.4 Å². The molecule has 1 aliphatic heterocycles. The molecule has 0 saturated heterocycles. The Morgan fingerprint density at radius 1 is 0.939 bits per heavy atom. The van der Waals surface area contributed by atoms with Crippen molar-refractivity contribution in [1.29, 1.82) is 0 Å². The number of carbonyl (C=O) groups is 1. The molecule has 1 aromatic heterocycles. The van der Waals surface area contributed by atoms with Crippen molar-refractivity contribution in [3.8, 4) is 0 Å². The van der Waals surface area contributed by atoms with Crippen molar-refractivity contribution in [2.24, 2.45) is 0 Å². The molecule has 0 radical (unpaired) electrons. The maximum absolute atomic E-state index is 13.1. The van der Waals surface area contributed by atoms with Gasteiger partial charge < -0.3 is 9.88 Å². The van der Waals surface area contributed by atoms with Gasteiger partial charge in [0.15, 0.2) is 0 Å². The van der Waals surface area contributed by atoms with Crippen LogP contribution in [0.25, 0.3) is 10.8 Å². The number of anilines is 2. The average molecular weight is 480 g/mol. The lowest BCUT2D eigenvalue weighted by molar-refractivity contribution is -0.114. The van der Waals surface area contributed by atoms with Crippen LogP contribution < -0.4 is 15.2 Å². The lowest BCUT2D eigenvalue weighted by atomic mass is 10.1. The minimum Gasteiger partial charge on any atom is -0.323 e. The quantitative estimate of drug-likeness (QED) is 0.471. The summed E-state index contributed by atoms with van der Waals surface area (Å²) in [5, 5.41) is 4.64. The third kappa shape index (κ3) is 3.77. The van der Waals surface area contributed by atoms with E-state index in [2.05, 4.69) is 5.32 Å². The molecule has 0 bridgehead atoms. The third-order valence-electron chi connectivity index (χ3n) is 5.53. The molecule has 9 heteroatoms. The molecule has 0 unspecified atom stereocenters. The molecular weight excluding hydrogens is 462 g/mol. The lowest BCUT2D eigenvalue weighted by Crippen LogP contribution is -2.35. The van der Waals surface area contributed by atoms with Gasteiger partial charge in [0.05, 0.1) is 22.8 Å². The molecule has 0 aliphatic carbocycles. The predicted molar refractivity (Wildman–Crippen MR) is 128 cm³/mol. The number of hydrogen-bond acceptors (Lipinski definition) is 4. The molecule has 0 atom stereocenters. The Labute approximate surface area is 194 Å². The van der Waals surface area contributed by atoms with E-state index in [-0.39, 0.29) is 23.5 Å². The normalized spacial score (nSPS) is 13.9. The summed E-state index contributed by atoms with van der Waals surface area (Å²) in [6.07, 6.45) is 1.51. The molecule has 1 amide bonds. The van der Waals surface area contributed by atoms with Gasteiger partial charge in [-0.3, -0.25) is 13.9 Å². The van der Waals surface area contributed by atoms with E-state index >= 15 is 0 Å². The number of benzene rings is 3. The zero-order valence-corrected chi connectivity index (χ0v) is 18.8. The summed E-state index contributed by atoms with van der Waals surface area (Å²) < 4.78 is 28.7. The van der Waals surface area contributed by atoms with Gasteiger partial charge in [-0.2, -0.15) is 0 Å². The van der Waals surface area contributed by atoms with Crippen LogP contribution in [-0.4, -0.2) is 25.4 Å². The zero-order chi connectivity index (χ0) is 23.2. The van der Waals surface area contributed by atoms with Crippen LogP contribution in [0, 0.1) is 0 Å². The van der Waals surface area contributed by atoms with Gasteiger partial charge in [-0.25, -0.2) is 8.42 Å². The van der Waals surface area contributed by atoms with E-state index in [9.17, 15) is 18.0 Å². The Balaban J connectivity index is 1.39. The molecule has 0 saturated carbocycles. The fraction of sp³-hybridized carbons (Fsp3) is 0.0833. The summed E-state index contributed by atoms with van der Waals surface area (Å²) in [5.41, 5.74) is 1.36. The lowest BCUT2D eigenvalue weighted by Gasteiger charge is -2.18. The number of carbonyl (C=O) groups excluding carboxylic acids is 1. The molecule has 0 fully saturated rings.